The highest BCUT2D eigenvalue weighted by atomic mass is 16.5. The first-order chi connectivity index (χ1) is 17.5. The number of hydrogen-bond donors (Lipinski definition) is 0. The van der Waals surface area contributed by atoms with E-state index in [0.29, 0.717) is 13.0 Å². The fraction of sp³-hybridized carbons (Fsp3) is 0.533. The van der Waals surface area contributed by atoms with E-state index in [2.05, 4.69) is 59.2 Å². The van der Waals surface area contributed by atoms with Gasteiger partial charge in [0.05, 0.1) is 0 Å². The summed E-state index contributed by atoms with van der Waals surface area (Å²) in [6, 6.07) is 17.4. The molecule has 0 saturated carbocycles. The Morgan fingerprint density at radius 1 is 0.917 bits per heavy atom. The van der Waals surface area contributed by atoms with Crippen LogP contribution in [0.1, 0.15) is 62.6 Å². The molecule has 2 bridgehead atoms. The van der Waals surface area contributed by atoms with E-state index in [1.54, 1.807) is 7.11 Å². The van der Waals surface area contributed by atoms with Gasteiger partial charge in [0.15, 0.2) is 0 Å². The minimum absolute atomic E-state index is 0.0598. The summed E-state index contributed by atoms with van der Waals surface area (Å²) in [7, 11) is 1.59. The van der Waals surface area contributed by atoms with E-state index >= 15 is 0 Å². The molecule has 0 radical (unpaired) electrons. The molecule has 2 heterocycles. The maximum absolute atomic E-state index is 13.3. The average Bonchev–Trinajstić information content (AvgIpc) is 2.90. The first kappa shape index (κ1) is 26.4. The topological polar surface area (TPSA) is 53.1 Å². The maximum atomic E-state index is 13.3. The van der Waals surface area contributed by atoms with Gasteiger partial charge in [0.25, 0.3) is 0 Å². The van der Waals surface area contributed by atoms with Crippen LogP contribution >= 0.6 is 0 Å². The molecule has 4 rings (SSSR count). The standard InChI is InChI=1S/C30H41N3O3/c1-4-23-13-15-24(16-14-23)19-31-20-25-9-6-7-12-28(25)32(29(34)5-2)18-17-26-10-8-11-27(21-31)33(26)30(35)22-36-3/h6-7,9,12-16,26-27H,4-5,8,10-11,17-22H2,1-3H3. The van der Waals surface area contributed by atoms with Gasteiger partial charge in [-0.3, -0.25) is 14.5 Å². The van der Waals surface area contributed by atoms with Crippen LogP contribution in [-0.2, 0) is 33.8 Å². The Labute approximate surface area is 216 Å². The molecule has 2 aromatic rings. The third kappa shape index (κ3) is 6.16. The molecule has 0 aliphatic carbocycles. The van der Waals surface area contributed by atoms with Crippen LogP contribution in [0.3, 0.4) is 0 Å². The van der Waals surface area contributed by atoms with Crippen molar-refractivity contribution in [2.24, 2.45) is 0 Å². The van der Waals surface area contributed by atoms with Crippen molar-refractivity contribution < 1.29 is 14.3 Å². The highest BCUT2D eigenvalue weighted by molar-refractivity contribution is 5.94. The number of piperidine rings is 1. The number of aryl methyl sites for hydroxylation is 1. The van der Waals surface area contributed by atoms with Crippen LogP contribution in [0.15, 0.2) is 48.5 Å². The van der Waals surface area contributed by atoms with Gasteiger partial charge in [-0.25, -0.2) is 0 Å². The molecule has 2 aromatic carbocycles. The van der Waals surface area contributed by atoms with Crippen molar-refractivity contribution >= 4 is 17.5 Å². The molecule has 2 aliphatic heterocycles. The predicted octanol–water partition coefficient (Wildman–Crippen LogP) is 4.79. The van der Waals surface area contributed by atoms with Crippen molar-refractivity contribution in [3.05, 3.63) is 65.2 Å². The Kier molecular flexibility index (Phi) is 9.16. The smallest absolute Gasteiger partial charge is 0.249 e. The summed E-state index contributed by atoms with van der Waals surface area (Å²) in [6.07, 6.45) is 5.33. The molecular formula is C30H41N3O3. The molecule has 0 spiro atoms. The molecule has 1 fully saturated rings. The van der Waals surface area contributed by atoms with Gasteiger partial charge in [-0.1, -0.05) is 56.3 Å². The molecule has 0 N–H and O–H groups in total. The molecule has 6 heteroatoms. The van der Waals surface area contributed by atoms with Gasteiger partial charge in [0.1, 0.15) is 6.61 Å². The Morgan fingerprint density at radius 3 is 2.36 bits per heavy atom. The molecule has 0 aromatic heterocycles. The second-order valence-electron chi connectivity index (χ2n) is 10.1. The molecule has 194 valence electrons. The zero-order valence-electron chi connectivity index (χ0n) is 22.1. The third-order valence-electron chi connectivity index (χ3n) is 7.69. The lowest BCUT2D eigenvalue weighted by Gasteiger charge is -2.44. The van der Waals surface area contributed by atoms with Gasteiger partial charge in [-0.15, -0.1) is 0 Å². The number of ether oxygens (including phenoxy) is 1. The zero-order chi connectivity index (χ0) is 25.5. The predicted molar refractivity (Wildman–Crippen MR) is 144 cm³/mol. The lowest BCUT2D eigenvalue weighted by molar-refractivity contribution is -0.143. The minimum atomic E-state index is 0.0598. The summed E-state index contributed by atoms with van der Waals surface area (Å²) < 4.78 is 5.28. The van der Waals surface area contributed by atoms with E-state index in [4.69, 9.17) is 4.74 Å². The zero-order valence-corrected chi connectivity index (χ0v) is 22.1. The van der Waals surface area contributed by atoms with Crippen LogP contribution in [0.25, 0.3) is 0 Å². The van der Waals surface area contributed by atoms with E-state index < -0.39 is 0 Å². The van der Waals surface area contributed by atoms with E-state index in [1.165, 1.54) is 11.1 Å². The first-order valence-electron chi connectivity index (χ1n) is 13.5. The lowest BCUT2D eigenvalue weighted by Crippen LogP contribution is -2.55. The quantitative estimate of drug-likeness (QED) is 0.583. The molecule has 36 heavy (non-hydrogen) atoms. The largest absolute Gasteiger partial charge is 0.375 e. The van der Waals surface area contributed by atoms with E-state index in [0.717, 1.165) is 63.0 Å². The van der Waals surface area contributed by atoms with Crippen molar-refractivity contribution in [2.45, 2.75) is 77.5 Å². The van der Waals surface area contributed by atoms with Gasteiger partial charge in [0.2, 0.25) is 11.8 Å². The second kappa shape index (κ2) is 12.5. The van der Waals surface area contributed by atoms with Crippen LogP contribution in [0.5, 0.6) is 0 Å². The number of benzene rings is 2. The number of para-hydroxylation sites is 1. The number of methoxy groups -OCH3 is 1. The van der Waals surface area contributed by atoms with Crippen LogP contribution in [0.4, 0.5) is 5.69 Å². The second-order valence-corrected chi connectivity index (χ2v) is 10.1. The first-order valence-corrected chi connectivity index (χ1v) is 13.5. The van der Waals surface area contributed by atoms with Gasteiger partial charge < -0.3 is 14.5 Å². The highest BCUT2D eigenvalue weighted by Gasteiger charge is 2.36. The summed E-state index contributed by atoms with van der Waals surface area (Å²) in [4.78, 5) is 32.9. The highest BCUT2D eigenvalue weighted by Crippen LogP contribution is 2.31. The summed E-state index contributed by atoms with van der Waals surface area (Å²) in [5.41, 5.74) is 4.77. The van der Waals surface area contributed by atoms with Crippen LogP contribution in [0, 0.1) is 0 Å². The van der Waals surface area contributed by atoms with E-state index in [9.17, 15) is 9.59 Å². The molecule has 1 saturated heterocycles. The van der Waals surface area contributed by atoms with Gasteiger partial charge in [-0.05, 0) is 54.9 Å². The van der Waals surface area contributed by atoms with Gasteiger partial charge in [-0.2, -0.15) is 0 Å². The van der Waals surface area contributed by atoms with Crippen molar-refractivity contribution in [2.75, 3.05) is 31.7 Å². The lowest BCUT2D eigenvalue weighted by atomic mass is 9.92. The van der Waals surface area contributed by atoms with Crippen LogP contribution in [0.2, 0.25) is 0 Å². The summed E-state index contributed by atoms with van der Waals surface area (Å²) in [6.45, 7) is 7.15. The fourth-order valence-corrected chi connectivity index (χ4v) is 5.85. The Bertz CT molecular complexity index is 1020. The number of amides is 2. The van der Waals surface area contributed by atoms with Crippen LogP contribution in [-0.4, -0.2) is 60.5 Å². The van der Waals surface area contributed by atoms with Crippen molar-refractivity contribution in [1.82, 2.24) is 9.80 Å². The number of nitrogens with zero attached hydrogens (tertiary/aromatic N) is 3. The summed E-state index contributed by atoms with van der Waals surface area (Å²) >= 11 is 0. The number of anilines is 1. The minimum Gasteiger partial charge on any atom is -0.375 e. The number of fused-ring (bicyclic) bond motifs is 3. The SMILES string of the molecule is CCC(=O)N1CCC2CCCC(CN(Cc3ccc(CC)cc3)Cc3ccccc31)N2C(=O)COC. The molecular weight excluding hydrogens is 450 g/mol. The number of hydrogen-bond acceptors (Lipinski definition) is 4. The maximum Gasteiger partial charge on any atom is 0.249 e. The number of carbonyl (C=O) groups excluding carboxylic acids is 2. The Morgan fingerprint density at radius 2 is 1.64 bits per heavy atom. The summed E-state index contributed by atoms with van der Waals surface area (Å²) in [5, 5.41) is 0. The third-order valence-corrected chi connectivity index (χ3v) is 7.69. The van der Waals surface area contributed by atoms with E-state index in [1.807, 2.05) is 17.9 Å². The molecule has 6 nitrogen and oxygen atoms in total. The van der Waals surface area contributed by atoms with Crippen molar-refractivity contribution in [3.8, 4) is 0 Å². The molecule has 2 unspecified atom stereocenters. The Hall–Kier alpha value is -2.70. The molecule has 2 aliphatic rings. The van der Waals surface area contributed by atoms with Crippen molar-refractivity contribution in [1.29, 1.82) is 0 Å². The van der Waals surface area contributed by atoms with Gasteiger partial charge in [0, 0.05) is 57.5 Å². The average molecular weight is 492 g/mol. The monoisotopic (exact) mass is 491 g/mol. The van der Waals surface area contributed by atoms with Gasteiger partial charge >= 0.3 is 0 Å². The van der Waals surface area contributed by atoms with E-state index in [-0.39, 0.29) is 30.5 Å². The van der Waals surface area contributed by atoms with Crippen molar-refractivity contribution in [3.63, 3.8) is 0 Å². The summed E-state index contributed by atoms with van der Waals surface area (Å²) in [5.74, 6) is 0.190. The fourth-order valence-electron chi connectivity index (χ4n) is 5.85. The van der Waals surface area contributed by atoms with Crippen LogP contribution < -0.4 is 4.90 Å². The number of carbonyl (C=O) groups is 2. The molecule has 2 amide bonds. The normalized spacial score (nSPS) is 21.0. The Balaban J connectivity index is 1.73. The number of rotatable bonds is 6. The molecule has 2 atom stereocenters.